The average Bonchev–Trinajstić information content (AvgIpc) is 1.12. The van der Waals surface area contributed by atoms with Crippen molar-refractivity contribution in [2.75, 3.05) is 0 Å². The zero-order valence-corrected chi connectivity index (χ0v) is 8.20. The predicted molar refractivity (Wildman–Crippen MR) is 20.9 cm³/mol. The molecule has 0 aromatic rings. The van der Waals surface area contributed by atoms with Crippen LogP contribution in [0.15, 0.2) is 0 Å². The number of rotatable bonds is 0. The van der Waals surface area contributed by atoms with Crippen molar-refractivity contribution in [2.45, 2.75) is 0 Å². The second-order valence-corrected chi connectivity index (χ2v) is 2.45. The third-order valence-electron chi connectivity index (χ3n) is 0. The van der Waals surface area contributed by atoms with Gasteiger partial charge in [-0.1, -0.05) is 0 Å². The van der Waals surface area contributed by atoms with Crippen LogP contribution >= 0.6 is 0 Å². The van der Waals surface area contributed by atoms with E-state index in [9.17, 15) is 0 Å². The molecule has 0 amide bonds. The van der Waals surface area contributed by atoms with Crippen LogP contribution < -0.4 is 0 Å². The quantitative estimate of drug-likeness (QED) is 0.265. The van der Waals surface area contributed by atoms with E-state index in [1.165, 1.54) is 0 Å². The molecule has 0 N–H and O–H groups in total. The molecule has 0 saturated carbocycles. The van der Waals surface area contributed by atoms with Gasteiger partial charge in [0.1, 0.15) is 0 Å². The molecule has 0 aromatic carbocycles. The fourth-order valence-corrected chi connectivity index (χ4v) is 0. The number of hydrogen-bond acceptors (Lipinski definition) is 8. The summed E-state index contributed by atoms with van der Waals surface area (Å²) in [4.78, 5) is 0. The molecule has 12 heteroatoms. The summed E-state index contributed by atoms with van der Waals surface area (Å²) in [5.41, 5.74) is 0. The molecule has 0 spiro atoms. The monoisotopic (exact) mass is 318 g/mol. The summed E-state index contributed by atoms with van der Waals surface area (Å²) >= 11 is 0. The van der Waals surface area contributed by atoms with Gasteiger partial charge >= 0.3 is 34.1 Å². The van der Waals surface area contributed by atoms with E-state index in [1.807, 2.05) is 0 Å². The molecular formula is Cu2O8S2. The van der Waals surface area contributed by atoms with E-state index >= 15 is 0 Å². The maximum atomic E-state index is 8.52. The minimum atomic E-state index is -5.17. The van der Waals surface area contributed by atoms with E-state index in [-0.39, 0.29) is 34.1 Å². The molecule has 0 unspecified atom stereocenters. The van der Waals surface area contributed by atoms with Crippen molar-refractivity contribution in [3.8, 4) is 0 Å². The van der Waals surface area contributed by atoms with E-state index in [2.05, 4.69) is 0 Å². The zero-order valence-electron chi connectivity index (χ0n) is 4.69. The summed E-state index contributed by atoms with van der Waals surface area (Å²) in [6.07, 6.45) is 0. The molecule has 0 saturated heterocycles. The predicted octanol–water partition coefficient (Wildman–Crippen LogP) is -2.68. The standard InChI is InChI=1S/2Cu.2H2O4S/c;;2*1-5(2,3)4/h;;2*(H2,1,2,3,4)/q2*+2;;/p-4. The summed E-state index contributed by atoms with van der Waals surface area (Å²) in [6, 6.07) is 0. The minimum absolute atomic E-state index is 0. The summed E-state index contributed by atoms with van der Waals surface area (Å²) < 4.78 is 68.2. The van der Waals surface area contributed by atoms with Crippen molar-refractivity contribution < 1.29 is 69.2 Å². The van der Waals surface area contributed by atoms with Gasteiger partial charge in [-0.2, -0.15) is 0 Å². The molecule has 0 bridgehead atoms. The Morgan fingerprint density at radius 2 is 0.583 bits per heavy atom. The Kier molecular flexibility index (Phi) is 16.1. The third kappa shape index (κ3) is 1700. The molecule has 12 heavy (non-hydrogen) atoms. The van der Waals surface area contributed by atoms with Crippen molar-refractivity contribution in [2.24, 2.45) is 0 Å². The summed E-state index contributed by atoms with van der Waals surface area (Å²) in [7, 11) is -10.3. The second-order valence-electron chi connectivity index (χ2n) is 0.816. The van der Waals surface area contributed by atoms with Crippen LogP contribution in [-0.4, -0.2) is 35.0 Å². The molecule has 0 atom stereocenters. The van der Waals surface area contributed by atoms with Gasteiger partial charge in [0.15, 0.2) is 0 Å². The van der Waals surface area contributed by atoms with Gasteiger partial charge in [0, 0.05) is 20.8 Å². The van der Waals surface area contributed by atoms with Crippen LogP contribution in [0.1, 0.15) is 0 Å². The normalized spacial score (nSPS) is 9.67. The van der Waals surface area contributed by atoms with Crippen molar-refractivity contribution in [3.05, 3.63) is 0 Å². The van der Waals surface area contributed by atoms with Gasteiger partial charge < -0.3 is 18.2 Å². The van der Waals surface area contributed by atoms with Gasteiger partial charge in [-0.3, -0.25) is 16.8 Å². The molecule has 0 fully saturated rings. The molecule has 2 radical (unpaired) electrons. The van der Waals surface area contributed by atoms with Crippen molar-refractivity contribution in [3.63, 3.8) is 0 Å². The van der Waals surface area contributed by atoms with Gasteiger partial charge in [0.25, 0.3) is 0 Å². The summed E-state index contributed by atoms with van der Waals surface area (Å²) in [6.45, 7) is 0. The van der Waals surface area contributed by atoms with E-state index in [4.69, 9.17) is 35.0 Å². The molecule has 82 valence electrons. The molecular weight excluding hydrogens is 319 g/mol. The Labute approximate surface area is 89.8 Å². The van der Waals surface area contributed by atoms with Crippen molar-refractivity contribution >= 4 is 20.8 Å². The van der Waals surface area contributed by atoms with E-state index in [0.717, 1.165) is 0 Å². The van der Waals surface area contributed by atoms with Crippen LogP contribution in [0.25, 0.3) is 0 Å². The topological polar surface area (TPSA) is 161 Å². The zero-order chi connectivity index (χ0) is 9.00. The summed E-state index contributed by atoms with van der Waals surface area (Å²) in [5, 5.41) is 0. The average molecular weight is 319 g/mol. The maximum absolute atomic E-state index is 8.52. The molecule has 8 nitrogen and oxygen atoms in total. The molecule has 0 heterocycles. The smallest absolute Gasteiger partial charge is 0.759 e. The van der Waals surface area contributed by atoms with Crippen LogP contribution in [0.3, 0.4) is 0 Å². The first-order chi connectivity index (χ1) is 4.00. The first kappa shape index (κ1) is 23.0. The Morgan fingerprint density at radius 1 is 0.583 bits per heavy atom. The fourth-order valence-electron chi connectivity index (χ4n) is 0. The van der Waals surface area contributed by atoms with Gasteiger partial charge in [-0.25, -0.2) is 0 Å². The van der Waals surface area contributed by atoms with Crippen molar-refractivity contribution in [1.82, 2.24) is 0 Å². The van der Waals surface area contributed by atoms with Gasteiger partial charge in [0.2, 0.25) is 0 Å². The van der Waals surface area contributed by atoms with E-state index < -0.39 is 20.8 Å². The summed E-state index contributed by atoms with van der Waals surface area (Å²) in [5.74, 6) is 0. The first-order valence-corrected chi connectivity index (χ1v) is 4.00. The Morgan fingerprint density at radius 3 is 0.583 bits per heavy atom. The third-order valence-corrected chi connectivity index (χ3v) is 0. The van der Waals surface area contributed by atoms with Gasteiger partial charge in [0.05, 0.1) is 0 Å². The van der Waals surface area contributed by atoms with E-state index in [1.54, 1.807) is 0 Å². The SMILES string of the molecule is O=S(=O)([O-])[O-].O=S(=O)([O-])[O-].[Cu+2].[Cu+2]. The Hall–Kier alpha value is 0.779. The molecule has 0 rings (SSSR count). The van der Waals surface area contributed by atoms with Crippen LogP contribution in [0.5, 0.6) is 0 Å². The van der Waals surface area contributed by atoms with Crippen LogP contribution in [0.2, 0.25) is 0 Å². The fraction of sp³-hybridized carbons (Fsp3) is 0. The Balaban J connectivity index is -0.0000000457. The maximum Gasteiger partial charge on any atom is 2.00 e. The van der Waals surface area contributed by atoms with Gasteiger partial charge in [-0.15, -0.1) is 0 Å². The van der Waals surface area contributed by atoms with Crippen molar-refractivity contribution in [1.29, 1.82) is 0 Å². The molecule has 0 aliphatic heterocycles. The number of hydrogen-bond donors (Lipinski definition) is 0. The van der Waals surface area contributed by atoms with Gasteiger partial charge in [-0.05, 0) is 0 Å². The van der Waals surface area contributed by atoms with E-state index in [0.29, 0.717) is 0 Å². The van der Waals surface area contributed by atoms with Crippen LogP contribution in [0, 0.1) is 0 Å². The van der Waals surface area contributed by atoms with Crippen LogP contribution in [0.4, 0.5) is 0 Å². The van der Waals surface area contributed by atoms with Crippen LogP contribution in [-0.2, 0) is 54.9 Å². The minimum Gasteiger partial charge on any atom is -0.759 e. The largest absolute Gasteiger partial charge is 2.00 e. The molecule has 0 aromatic heterocycles. The molecule has 0 aliphatic rings. The Bertz CT molecular complexity index is 211. The first-order valence-electron chi connectivity index (χ1n) is 1.33. The second kappa shape index (κ2) is 8.38. The molecule has 0 aliphatic carbocycles.